The van der Waals surface area contributed by atoms with Crippen molar-refractivity contribution in [2.45, 2.75) is 0 Å². The molecule has 2 aromatic carbocycles. The topological polar surface area (TPSA) is 55.0 Å². The van der Waals surface area contributed by atoms with Gasteiger partial charge in [-0.25, -0.2) is 4.79 Å². The molecule has 0 aliphatic carbocycles. The van der Waals surface area contributed by atoms with E-state index in [0.29, 0.717) is 5.56 Å². The maximum absolute atomic E-state index is 11.8. The molecule has 0 atom stereocenters. The van der Waals surface area contributed by atoms with Crippen molar-refractivity contribution in [2.75, 3.05) is 7.11 Å². The number of carbonyl (C=O) groups is 1. The monoisotopic (exact) mass is 278 g/mol. The highest BCUT2D eigenvalue weighted by molar-refractivity contribution is 5.96. The number of carbonyl (C=O) groups excluding carboxylic acids is 1. The van der Waals surface area contributed by atoms with Crippen molar-refractivity contribution in [1.29, 1.82) is 0 Å². The van der Waals surface area contributed by atoms with Gasteiger partial charge in [0.15, 0.2) is 0 Å². The summed E-state index contributed by atoms with van der Waals surface area (Å²) in [7, 11) is 1.38. The van der Waals surface area contributed by atoms with Gasteiger partial charge in [0.2, 0.25) is 0 Å². The smallest absolute Gasteiger partial charge is 0.338 e. The maximum atomic E-state index is 11.8. The zero-order chi connectivity index (χ0) is 14.7. The zero-order valence-electron chi connectivity index (χ0n) is 11.5. The van der Waals surface area contributed by atoms with Gasteiger partial charge in [-0.15, -0.1) is 0 Å². The van der Waals surface area contributed by atoms with Gasteiger partial charge in [0.25, 0.3) is 0 Å². The second-order valence-electron chi connectivity index (χ2n) is 4.57. The number of hydrogen-bond acceptors (Lipinski definition) is 3. The van der Waals surface area contributed by atoms with E-state index in [1.807, 2.05) is 54.6 Å². The summed E-state index contributed by atoms with van der Waals surface area (Å²) < 4.78 is 4.82. The van der Waals surface area contributed by atoms with E-state index in [1.54, 1.807) is 6.07 Å². The van der Waals surface area contributed by atoms with Crippen LogP contribution in [-0.2, 0) is 4.74 Å². The van der Waals surface area contributed by atoms with E-state index in [2.05, 4.69) is 10.2 Å². The molecule has 0 spiro atoms. The van der Waals surface area contributed by atoms with Gasteiger partial charge in [-0.2, -0.15) is 5.10 Å². The average Bonchev–Trinajstić information content (AvgIpc) is 3.05. The Kier molecular flexibility index (Phi) is 3.51. The summed E-state index contributed by atoms with van der Waals surface area (Å²) in [5, 5.41) is 7.29. The number of ether oxygens (including phenoxy) is 1. The maximum Gasteiger partial charge on any atom is 0.338 e. The summed E-state index contributed by atoms with van der Waals surface area (Å²) in [6.45, 7) is 0. The van der Waals surface area contributed by atoms with Crippen molar-refractivity contribution in [1.82, 2.24) is 10.2 Å². The van der Waals surface area contributed by atoms with Crippen LogP contribution in [0.15, 0.2) is 60.7 Å². The van der Waals surface area contributed by atoms with Crippen molar-refractivity contribution >= 4 is 5.97 Å². The minimum atomic E-state index is -0.360. The molecule has 3 aromatic rings. The fourth-order valence-corrected chi connectivity index (χ4v) is 2.22. The van der Waals surface area contributed by atoms with Crippen molar-refractivity contribution < 1.29 is 9.53 Å². The molecular formula is C17H14N2O2. The molecule has 0 saturated carbocycles. The summed E-state index contributed by atoms with van der Waals surface area (Å²) >= 11 is 0. The number of nitrogens with zero attached hydrogens (tertiary/aromatic N) is 1. The molecule has 0 saturated heterocycles. The highest BCUT2D eigenvalue weighted by Gasteiger charge is 2.14. The SMILES string of the molecule is COC(=O)c1ccccc1-c1cc(-c2ccccc2)n[nH]1. The second kappa shape index (κ2) is 5.63. The van der Waals surface area contributed by atoms with Crippen molar-refractivity contribution in [2.24, 2.45) is 0 Å². The van der Waals surface area contributed by atoms with Crippen LogP contribution in [0.4, 0.5) is 0 Å². The minimum Gasteiger partial charge on any atom is -0.465 e. The Hall–Kier alpha value is -2.88. The molecule has 4 nitrogen and oxygen atoms in total. The van der Waals surface area contributed by atoms with Gasteiger partial charge >= 0.3 is 5.97 Å². The van der Waals surface area contributed by atoms with Crippen LogP contribution in [0.2, 0.25) is 0 Å². The standard InChI is InChI=1S/C17H14N2O2/c1-21-17(20)14-10-6-5-9-13(14)16-11-15(18-19-16)12-7-3-2-4-8-12/h2-11H,1H3,(H,18,19). The number of rotatable bonds is 3. The Morgan fingerprint density at radius 1 is 1.05 bits per heavy atom. The molecule has 4 heteroatoms. The predicted octanol–water partition coefficient (Wildman–Crippen LogP) is 3.53. The van der Waals surface area contributed by atoms with Crippen molar-refractivity contribution in [3.63, 3.8) is 0 Å². The van der Waals surface area contributed by atoms with Crippen LogP contribution in [-0.4, -0.2) is 23.3 Å². The molecule has 1 N–H and O–H groups in total. The predicted molar refractivity (Wildman–Crippen MR) is 80.8 cm³/mol. The molecule has 104 valence electrons. The quantitative estimate of drug-likeness (QED) is 0.746. The van der Waals surface area contributed by atoms with E-state index in [4.69, 9.17) is 4.74 Å². The van der Waals surface area contributed by atoms with Crippen LogP contribution >= 0.6 is 0 Å². The lowest BCUT2D eigenvalue weighted by Crippen LogP contribution is -2.03. The molecule has 0 aliphatic rings. The van der Waals surface area contributed by atoms with E-state index in [1.165, 1.54) is 7.11 Å². The lowest BCUT2D eigenvalue weighted by atomic mass is 10.0. The van der Waals surface area contributed by atoms with E-state index >= 15 is 0 Å². The number of H-pyrrole nitrogens is 1. The first-order valence-electron chi connectivity index (χ1n) is 6.58. The third kappa shape index (κ3) is 2.56. The Balaban J connectivity index is 2.03. The van der Waals surface area contributed by atoms with Gasteiger partial charge in [0.05, 0.1) is 24.1 Å². The van der Waals surface area contributed by atoms with Crippen LogP contribution in [0.5, 0.6) is 0 Å². The lowest BCUT2D eigenvalue weighted by molar-refractivity contribution is 0.0601. The van der Waals surface area contributed by atoms with Crippen LogP contribution in [0, 0.1) is 0 Å². The molecule has 0 unspecified atom stereocenters. The van der Waals surface area contributed by atoms with E-state index < -0.39 is 0 Å². The Morgan fingerprint density at radius 2 is 1.76 bits per heavy atom. The van der Waals surface area contributed by atoms with Crippen molar-refractivity contribution in [3.05, 3.63) is 66.2 Å². The zero-order valence-corrected chi connectivity index (χ0v) is 11.5. The number of benzene rings is 2. The number of methoxy groups -OCH3 is 1. The molecule has 0 amide bonds. The lowest BCUT2D eigenvalue weighted by Gasteiger charge is -2.04. The summed E-state index contributed by atoms with van der Waals surface area (Å²) in [6.07, 6.45) is 0. The first-order chi connectivity index (χ1) is 10.3. The molecule has 21 heavy (non-hydrogen) atoms. The van der Waals surface area contributed by atoms with E-state index in [0.717, 1.165) is 22.5 Å². The Labute approximate surface area is 122 Å². The van der Waals surface area contributed by atoms with Crippen LogP contribution < -0.4 is 0 Å². The molecular weight excluding hydrogens is 264 g/mol. The Morgan fingerprint density at radius 3 is 2.52 bits per heavy atom. The number of aromatic nitrogens is 2. The summed E-state index contributed by atoms with van der Waals surface area (Å²) in [6, 6.07) is 19.1. The highest BCUT2D eigenvalue weighted by Crippen LogP contribution is 2.26. The van der Waals surface area contributed by atoms with Gasteiger partial charge in [-0.3, -0.25) is 5.10 Å². The molecule has 3 rings (SSSR count). The summed E-state index contributed by atoms with van der Waals surface area (Å²) in [4.78, 5) is 11.8. The fourth-order valence-electron chi connectivity index (χ4n) is 2.22. The molecule has 1 heterocycles. The number of aromatic amines is 1. The van der Waals surface area contributed by atoms with Gasteiger partial charge in [0.1, 0.15) is 0 Å². The molecule has 0 radical (unpaired) electrons. The largest absolute Gasteiger partial charge is 0.465 e. The summed E-state index contributed by atoms with van der Waals surface area (Å²) in [5.74, 6) is -0.360. The van der Waals surface area contributed by atoms with Gasteiger partial charge in [0, 0.05) is 11.1 Å². The number of nitrogens with one attached hydrogen (secondary N) is 1. The number of hydrogen-bond donors (Lipinski definition) is 1. The van der Waals surface area contributed by atoms with Gasteiger partial charge < -0.3 is 4.74 Å². The van der Waals surface area contributed by atoms with E-state index in [-0.39, 0.29) is 5.97 Å². The van der Waals surface area contributed by atoms with E-state index in [9.17, 15) is 4.79 Å². The minimum absolute atomic E-state index is 0.360. The molecule has 0 aliphatic heterocycles. The Bertz CT molecular complexity index is 763. The average molecular weight is 278 g/mol. The van der Waals surface area contributed by atoms with Gasteiger partial charge in [-0.1, -0.05) is 48.5 Å². The van der Waals surface area contributed by atoms with Crippen LogP contribution in [0.3, 0.4) is 0 Å². The third-order valence-electron chi connectivity index (χ3n) is 3.27. The third-order valence-corrected chi connectivity index (χ3v) is 3.27. The molecule has 0 fully saturated rings. The summed E-state index contributed by atoms with van der Waals surface area (Å²) in [5.41, 5.74) is 3.94. The van der Waals surface area contributed by atoms with Gasteiger partial charge in [-0.05, 0) is 12.1 Å². The normalized spacial score (nSPS) is 10.3. The molecule has 0 bridgehead atoms. The van der Waals surface area contributed by atoms with Crippen LogP contribution in [0.25, 0.3) is 22.5 Å². The van der Waals surface area contributed by atoms with Crippen molar-refractivity contribution in [3.8, 4) is 22.5 Å². The number of esters is 1. The fraction of sp³-hybridized carbons (Fsp3) is 0.0588. The first kappa shape index (κ1) is 13.1. The first-order valence-corrected chi connectivity index (χ1v) is 6.58. The second-order valence-corrected chi connectivity index (χ2v) is 4.57. The highest BCUT2D eigenvalue weighted by atomic mass is 16.5. The molecule has 1 aromatic heterocycles. The van der Waals surface area contributed by atoms with Crippen LogP contribution in [0.1, 0.15) is 10.4 Å².